The van der Waals surface area contributed by atoms with Crippen molar-refractivity contribution in [3.05, 3.63) is 56.9 Å². The molecule has 1 aromatic heterocycles. The summed E-state index contributed by atoms with van der Waals surface area (Å²) >= 11 is 0. The molecule has 1 aliphatic rings. The summed E-state index contributed by atoms with van der Waals surface area (Å²) in [7, 11) is 0. The monoisotopic (exact) mass is 281 g/mol. The second kappa shape index (κ2) is 5.18. The van der Waals surface area contributed by atoms with E-state index >= 15 is 0 Å². The van der Waals surface area contributed by atoms with Gasteiger partial charge in [0.1, 0.15) is 0 Å². The van der Waals surface area contributed by atoms with Gasteiger partial charge in [0, 0.05) is 28.9 Å². The predicted molar refractivity (Wildman–Crippen MR) is 87.9 cm³/mol. The average Bonchev–Trinajstić information content (AvgIpc) is 2.48. The first-order chi connectivity index (χ1) is 10.0. The summed E-state index contributed by atoms with van der Waals surface area (Å²) in [5, 5.41) is 0. The van der Waals surface area contributed by atoms with Crippen LogP contribution in [0, 0.1) is 19.8 Å². The molecule has 1 aromatic carbocycles. The van der Waals surface area contributed by atoms with Gasteiger partial charge >= 0.3 is 0 Å². The van der Waals surface area contributed by atoms with E-state index in [0.717, 1.165) is 41.9 Å². The van der Waals surface area contributed by atoms with E-state index in [1.807, 2.05) is 6.92 Å². The van der Waals surface area contributed by atoms with Gasteiger partial charge in [0.2, 0.25) is 0 Å². The summed E-state index contributed by atoms with van der Waals surface area (Å²) in [4.78, 5) is 12.8. The molecule has 2 heteroatoms. The lowest BCUT2D eigenvalue weighted by Crippen LogP contribution is -2.26. The Bertz CT molecular complexity index is 753. The molecule has 2 nitrogen and oxygen atoms in total. The van der Waals surface area contributed by atoms with Gasteiger partial charge in [0.05, 0.1) is 5.69 Å². The lowest BCUT2D eigenvalue weighted by atomic mass is 9.91. The van der Waals surface area contributed by atoms with Crippen LogP contribution in [0.1, 0.15) is 36.2 Å². The van der Waals surface area contributed by atoms with Gasteiger partial charge < -0.3 is 4.57 Å². The van der Waals surface area contributed by atoms with Crippen LogP contribution in [0.2, 0.25) is 0 Å². The normalized spacial score (nSPS) is 13.2. The summed E-state index contributed by atoms with van der Waals surface area (Å²) < 4.78 is 2.36. The zero-order chi connectivity index (χ0) is 15.1. The second-order valence-corrected chi connectivity index (χ2v) is 6.52. The van der Waals surface area contributed by atoms with Crippen LogP contribution >= 0.6 is 0 Å². The lowest BCUT2D eigenvalue weighted by molar-refractivity contribution is 0.609. The summed E-state index contributed by atoms with van der Waals surface area (Å²) in [5.41, 5.74) is 7.03. The maximum absolute atomic E-state index is 12.8. The van der Waals surface area contributed by atoms with Crippen molar-refractivity contribution in [2.24, 2.45) is 5.92 Å². The third-order valence-corrected chi connectivity index (χ3v) is 4.57. The topological polar surface area (TPSA) is 22.0 Å². The number of benzene rings is 1. The van der Waals surface area contributed by atoms with Crippen LogP contribution in [-0.4, -0.2) is 4.57 Å². The number of hydrogen-bond acceptors (Lipinski definition) is 1. The van der Waals surface area contributed by atoms with Crippen LogP contribution in [0.15, 0.2) is 29.1 Å². The Kier molecular flexibility index (Phi) is 3.48. The molecule has 0 unspecified atom stereocenters. The first kappa shape index (κ1) is 14.1. The van der Waals surface area contributed by atoms with Gasteiger partial charge in [0.15, 0.2) is 5.43 Å². The maximum atomic E-state index is 12.8. The summed E-state index contributed by atoms with van der Waals surface area (Å²) in [6.45, 7) is 9.42. The summed E-state index contributed by atoms with van der Waals surface area (Å²) in [6.07, 6.45) is 1.92. The third kappa shape index (κ3) is 2.23. The molecule has 110 valence electrons. The van der Waals surface area contributed by atoms with Gasteiger partial charge in [-0.3, -0.25) is 4.79 Å². The number of aromatic nitrogens is 1. The minimum atomic E-state index is 0.240. The molecule has 2 heterocycles. The molecule has 1 aliphatic heterocycles. The highest BCUT2D eigenvalue weighted by molar-refractivity contribution is 5.69. The molecule has 0 radical (unpaired) electrons. The Hall–Kier alpha value is -1.83. The van der Waals surface area contributed by atoms with E-state index in [1.54, 1.807) is 0 Å². The van der Waals surface area contributed by atoms with Crippen molar-refractivity contribution >= 4 is 0 Å². The highest BCUT2D eigenvalue weighted by Crippen LogP contribution is 2.32. The zero-order valence-corrected chi connectivity index (χ0v) is 13.4. The number of rotatable bonds is 2. The van der Waals surface area contributed by atoms with Crippen LogP contribution in [0.5, 0.6) is 0 Å². The maximum Gasteiger partial charge on any atom is 0.188 e. The average molecular weight is 281 g/mol. The van der Waals surface area contributed by atoms with Crippen molar-refractivity contribution in [1.82, 2.24) is 4.57 Å². The molecule has 0 aliphatic carbocycles. The molecular weight excluding hydrogens is 258 g/mol. The lowest BCUT2D eigenvalue weighted by Gasteiger charge is -2.28. The molecule has 0 atom stereocenters. The van der Waals surface area contributed by atoms with Crippen molar-refractivity contribution in [3.63, 3.8) is 0 Å². The van der Waals surface area contributed by atoms with Gasteiger partial charge in [-0.1, -0.05) is 38.1 Å². The van der Waals surface area contributed by atoms with E-state index < -0.39 is 0 Å². The van der Waals surface area contributed by atoms with Crippen molar-refractivity contribution in [2.45, 2.75) is 47.1 Å². The molecule has 0 fully saturated rings. The second-order valence-electron chi connectivity index (χ2n) is 6.52. The van der Waals surface area contributed by atoms with Crippen molar-refractivity contribution in [3.8, 4) is 11.3 Å². The number of pyridine rings is 1. The van der Waals surface area contributed by atoms with Crippen molar-refractivity contribution in [2.75, 3.05) is 0 Å². The van der Waals surface area contributed by atoms with Crippen molar-refractivity contribution < 1.29 is 0 Å². The van der Waals surface area contributed by atoms with Crippen LogP contribution in [0.25, 0.3) is 11.3 Å². The minimum absolute atomic E-state index is 0.240. The number of fused-ring (bicyclic) bond motifs is 3. The Morgan fingerprint density at radius 2 is 1.90 bits per heavy atom. The molecule has 3 rings (SSSR count). The van der Waals surface area contributed by atoms with Gasteiger partial charge in [-0.05, 0) is 38.2 Å². The van der Waals surface area contributed by atoms with Crippen LogP contribution in [0.3, 0.4) is 0 Å². The Labute approximate surface area is 126 Å². The van der Waals surface area contributed by atoms with E-state index in [1.165, 1.54) is 11.1 Å². The van der Waals surface area contributed by atoms with Gasteiger partial charge in [-0.15, -0.1) is 0 Å². The fraction of sp³-hybridized carbons (Fsp3) is 0.421. The summed E-state index contributed by atoms with van der Waals surface area (Å²) in [6, 6.07) is 8.48. The fourth-order valence-electron chi connectivity index (χ4n) is 3.51. The van der Waals surface area contributed by atoms with Crippen LogP contribution < -0.4 is 5.43 Å². The number of nitrogens with zero attached hydrogens (tertiary/aromatic N) is 1. The Morgan fingerprint density at radius 3 is 2.62 bits per heavy atom. The zero-order valence-electron chi connectivity index (χ0n) is 13.4. The Morgan fingerprint density at radius 1 is 1.19 bits per heavy atom. The van der Waals surface area contributed by atoms with E-state index in [4.69, 9.17) is 0 Å². The third-order valence-electron chi connectivity index (χ3n) is 4.57. The van der Waals surface area contributed by atoms with Crippen LogP contribution in [-0.2, 0) is 19.4 Å². The number of aryl methyl sites for hydroxylation is 1. The highest BCUT2D eigenvalue weighted by atomic mass is 16.1. The van der Waals surface area contributed by atoms with E-state index in [-0.39, 0.29) is 5.43 Å². The van der Waals surface area contributed by atoms with Gasteiger partial charge in [-0.2, -0.15) is 0 Å². The molecule has 0 spiro atoms. The molecule has 21 heavy (non-hydrogen) atoms. The smallest absolute Gasteiger partial charge is 0.188 e. The summed E-state index contributed by atoms with van der Waals surface area (Å²) in [5.74, 6) is 0.505. The number of hydrogen-bond donors (Lipinski definition) is 0. The van der Waals surface area contributed by atoms with Crippen LogP contribution in [0.4, 0.5) is 0 Å². The fourth-order valence-corrected chi connectivity index (χ4v) is 3.51. The minimum Gasteiger partial charge on any atom is -0.344 e. The predicted octanol–water partition coefficient (Wildman–Crippen LogP) is 3.89. The van der Waals surface area contributed by atoms with Crippen molar-refractivity contribution in [1.29, 1.82) is 0 Å². The molecule has 0 amide bonds. The molecule has 0 saturated carbocycles. The Balaban J connectivity index is 2.30. The molecule has 2 aromatic rings. The van der Waals surface area contributed by atoms with E-state index in [0.29, 0.717) is 5.92 Å². The first-order valence-corrected chi connectivity index (χ1v) is 7.81. The SMILES string of the molecule is Cc1c2n(c(C)c(CC(C)C)c1=O)CCc1ccccc1-2. The molecule has 0 bridgehead atoms. The van der Waals surface area contributed by atoms with E-state index in [9.17, 15) is 4.79 Å². The molecule has 0 N–H and O–H groups in total. The first-order valence-electron chi connectivity index (χ1n) is 7.81. The quantitative estimate of drug-likeness (QED) is 0.818. The standard InChI is InChI=1S/C19H23NO/c1-12(2)11-17-14(4)20-10-9-15-7-5-6-8-16(15)18(20)13(3)19(17)21/h5-8,12H,9-11H2,1-4H3. The van der Waals surface area contributed by atoms with E-state index in [2.05, 4.69) is 49.6 Å². The largest absolute Gasteiger partial charge is 0.344 e. The molecule has 0 saturated heterocycles. The highest BCUT2D eigenvalue weighted by Gasteiger charge is 2.22. The van der Waals surface area contributed by atoms with Gasteiger partial charge in [-0.25, -0.2) is 0 Å². The van der Waals surface area contributed by atoms with Gasteiger partial charge in [0.25, 0.3) is 0 Å². The molecular formula is C19H23NO.